The maximum absolute atomic E-state index is 12.4. The molecule has 7 nitrogen and oxygen atoms in total. The summed E-state index contributed by atoms with van der Waals surface area (Å²) in [5.74, 6) is -1.16. The van der Waals surface area contributed by atoms with Crippen molar-refractivity contribution in [3.8, 4) is 5.75 Å². The first-order valence-electron chi connectivity index (χ1n) is 6.64. The summed E-state index contributed by atoms with van der Waals surface area (Å²) in [5.41, 5.74) is 0.728. The quantitative estimate of drug-likeness (QED) is 0.841. The predicted octanol–water partition coefficient (Wildman–Crippen LogP) is 2.56. The van der Waals surface area contributed by atoms with Crippen molar-refractivity contribution in [1.82, 2.24) is 4.98 Å². The Morgan fingerprint density at radius 1 is 1.35 bits per heavy atom. The predicted molar refractivity (Wildman–Crippen MR) is 85.5 cm³/mol. The van der Waals surface area contributed by atoms with Crippen molar-refractivity contribution in [1.29, 1.82) is 0 Å². The van der Waals surface area contributed by atoms with E-state index in [1.165, 1.54) is 30.6 Å². The zero-order chi connectivity index (χ0) is 17.0. The number of carbonyl (C=O) groups is 2. The Balaban J connectivity index is 2.28. The standard InChI is InChI=1S/C15H16N2O5S/c1-8-13(23-12(16-8)7-21-2)14(18)17-11-5-4-9(22-3)6-10(11)15(19)20/h4-6H,7H2,1-3H3,(H,17,18)(H,19,20). The molecule has 0 saturated heterocycles. The molecule has 1 heterocycles. The molecule has 0 radical (unpaired) electrons. The van der Waals surface area contributed by atoms with Crippen molar-refractivity contribution < 1.29 is 24.2 Å². The van der Waals surface area contributed by atoms with Gasteiger partial charge in [-0.2, -0.15) is 0 Å². The molecule has 122 valence electrons. The minimum absolute atomic E-state index is 0.0445. The lowest BCUT2D eigenvalue weighted by Gasteiger charge is -2.09. The molecule has 0 saturated carbocycles. The van der Waals surface area contributed by atoms with E-state index in [1.54, 1.807) is 20.1 Å². The first-order valence-corrected chi connectivity index (χ1v) is 7.45. The van der Waals surface area contributed by atoms with Gasteiger partial charge in [0.1, 0.15) is 15.6 Å². The third kappa shape index (κ3) is 3.85. The van der Waals surface area contributed by atoms with Crippen LogP contribution in [0.4, 0.5) is 5.69 Å². The number of nitrogens with zero attached hydrogens (tertiary/aromatic N) is 1. The van der Waals surface area contributed by atoms with E-state index in [-0.39, 0.29) is 11.3 Å². The van der Waals surface area contributed by atoms with Crippen molar-refractivity contribution in [2.24, 2.45) is 0 Å². The summed E-state index contributed by atoms with van der Waals surface area (Å²) in [6, 6.07) is 4.43. The highest BCUT2D eigenvalue weighted by molar-refractivity contribution is 7.13. The Morgan fingerprint density at radius 2 is 2.09 bits per heavy atom. The van der Waals surface area contributed by atoms with Gasteiger partial charge < -0.3 is 19.9 Å². The molecule has 1 aromatic heterocycles. The number of benzene rings is 1. The van der Waals surface area contributed by atoms with Gasteiger partial charge in [-0.3, -0.25) is 4.79 Å². The molecule has 8 heteroatoms. The summed E-state index contributed by atoms with van der Waals surface area (Å²) < 4.78 is 10.00. The second kappa shape index (κ2) is 7.21. The third-order valence-electron chi connectivity index (χ3n) is 3.02. The number of aromatic carboxylic acids is 1. The van der Waals surface area contributed by atoms with Crippen LogP contribution in [0.15, 0.2) is 18.2 Å². The topological polar surface area (TPSA) is 97.8 Å². The number of hydrogen-bond donors (Lipinski definition) is 2. The fourth-order valence-electron chi connectivity index (χ4n) is 1.96. The van der Waals surface area contributed by atoms with Crippen LogP contribution in [0.25, 0.3) is 0 Å². The number of nitrogens with one attached hydrogen (secondary N) is 1. The lowest BCUT2D eigenvalue weighted by molar-refractivity contribution is 0.0697. The van der Waals surface area contributed by atoms with Crippen LogP contribution < -0.4 is 10.1 Å². The lowest BCUT2D eigenvalue weighted by atomic mass is 10.1. The molecule has 0 atom stereocenters. The fraction of sp³-hybridized carbons (Fsp3) is 0.267. The molecule has 0 fully saturated rings. The summed E-state index contributed by atoms with van der Waals surface area (Å²) in [4.78, 5) is 28.4. The number of amides is 1. The monoisotopic (exact) mass is 336 g/mol. The van der Waals surface area contributed by atoms with E-state index in [4.69, 9.17) is 9.47 Å². The van der Waals surface area contributed by atoms with Gasteiger partial charge in [0.15, 0.2) is 0 Å². The number of rotatable bonds is 6. The average molecular weight is 336 g/mol. The summed E-state index contributed by atoms with van der Waals surface area (Å²) >= 11 is 1.21. The number of carbonyl (C=O) groups excluding carboxylic acids is 1. The van der Waals surface area contributed by atoms with Gasteiger partial charge in [-0.1, -0.05) is 0 Å². The number of thiazole rings is 1. The number of carboxylic acid groups (broad SMARTS) is 1. The van der Waals surface area contributed by atoms with Gasteiger partial charge in [-0.05, 0) is 25.1 Å². The number of ether oxygens (including phenoxy) is 2. The number of hydrogen-bond acceptors (Lipinski definition) is 6. The molecule has 0 bridgehead atoms. The van der Waals surface area contributed by atoms with E-state index >= 15 is 0 Å². The minimum atomic E-state index is -1.15. The van der Waals surface area contributed by atoms with Crippen LogP contribution in [0, 0.1) is 6.92 Å². The van der Waals surface area contributed by atoms with Crippen LogP contribution in [-0.2, 0) is 11.3 Å². The van der Waals surface area contributed by atoms with Crippen LogP contribution >= 0.6 is 11.3 Å². The average Bonchev–Trinajstić information content (AvgIpc) is 2.88. The SMILES string of the molecule is COCc1nc(C)c(C(=O)Nc2ccc(OC)cc2C(=O)O)s1. The Bertz CT molecular complexity index is 741. The van der Waals surface area contributed by atoms with Gasteiger partial charge in [0.25, 0.3) is 5.91 Å². The lowest BCUT2D eigenvalue weighted by Crippen LogP contribution is -2.14. The molecular weight excluding hydrogens is 320 g/mol. The molecule has 2 aromatic rings. The number of methoxy groups -OCH3 is 2. The molecule has 2 rings (SSSR count). The molecule has 0 spiro atoms. The smallest absolute Gasteiger partial charge is 0.337 e. The van der Waals surface area contributed by atoms with Crippen molar-refractivity contribution >= 4 is 28.9 Å². The van der Waals surface area contributed by atoms with Crippen LogP contribution in [0.1, 0.15) is 30.7 Å². The molecule has 1 aromatic carbocycles. The Labute approximate surface area is 136 Å². The number of carboxylic acids is 1. The third-order valence-corrected chi connectivity index (χ3v) is 4.15. The molecule has 23 heavy (non-hydrogen) atoms. The Morgan fingerprint density at radius 3 is 2.70 bits per heavy atom. The van der Waals surface area contributed by atoms with Crippen molar-refractivity contribution in [2.45, 2.75) is 13.5 Å². The van der Waals surface area contributed by atoms with Crippen molar-refractivity contribution in [2.75, 3.05) is 19.5 Å². The summed E-state index contributed by atoms with van der Waals surface area (Å²) in [7, 11) is 2.99. The van der Waals surface area contributed by atoms with E-state index in [0.717, 1.165) is 0 Å². The largest absolute Gasteiger partial charge is 0.497 e. The van der Waals surface area contributed by atoms with Gasteiger partial charge in [0, 0.05) is 7.11 Å². The first-order chi connectivity index (χ1) is 11.0. The highest BCUT2D eigenvalue weighted by atomic mass is 32.1. The number of aryl methyl sites for hydroxylation is 1. The van der Waals surface area contributed by atoms with E-state index < -0.39 is 11.9 Å². The zero-order valence-electron chi connectivity index (χ0n) is 12.9. The molecule has 0 unspecified atom stereocenters. The van der Waals surface area contributed by atoms with E-state index in [0.29, 0.717) is 27.9 Å². The second-order valence-electron chi connectivity index (χ2n) is 4.63. The van der Waals surface area contributed by atoms with Crippen LogP contribution in [0.3, 0.4) is 0 Å². The molecule has 2 N–H and O–H groups in total. The van der Waals surface area contributed by atoms with Crippen LogP contribution in [0.5, 0.6) is 5.75 Å². The van der Waals surface area contributed by atoms with E-state index in [1.807, 2.05) is 0 Å². The fourth-order valence-corrected chi connectivity index (χ4v) is 2.90. The minimum Gasteiger partial charge on any atom is -0.497 e. The van der Waals surface area contributed by atoms with Crippen molar-refractivity contribution in [3.05, 3.63) is 39.3 Å². The van der Waals surface area contributed by atoms with Gasteiger partial charge >= 0.3 is 5.97 Å². The second-order valence-corrected chi connectivity index (χ2v) is 5.71. The molecule has 0 aliphatic rings. The maximum Gasteiger partial charge on any atom is 0.337 e. The summed E-state index contributed by atoms with van der Waals surface area (Å²) in [6.45, 7) is 2.04. The number of anilines is 1. The Kier molecular flexibility index (Phi) is 5.30. The van der Waals surface area contributed by atoms with E-state index in [2.05, 4.69) is 10.3 Å². The Hall–Kier alpha value is -2.45. The van der Waals surface area contributed by atoms with E-state index in [9.17, 15) is 14.7 Å². The highest BCUT2D eigenvalue weighted by Gasteiger charge is 2.19. The molecule has 0 aliphatic heterocycles. The zero-order valence-corrected chi connectivity index (χ0v) is 13.7. The molecule has 1 amide bonds. The molecular formula is C15H16N2O5S. The molecule has 0 aliphatic carbocycles. The van der Waals surface area contributed by atoms with Gasteiger partial charge in [-0.15, -0.1) is 11.3 Å². The van der Waals surface area contributed by atoms with Crippen LogP contribution in [-0.4, -0.2) is 36.2 Å². The first kappa shape index (κ1) is 16.9. The van der Waals surface area contributed by atoms with Crippen molar-refractivity contribution in [3.63, 3.8) is 0 Å². The van der Waals surface area contributed by atoms with Crippen LogP contribution in [0.2, 0.25) is 0 Å². The van der Waals surface area contributed by atoms with Gasteiger partial charge in [-0.25, -0.2) is 9.78 Å². The maximum atomic E-state index is 12.4. The number of aromatic nitrogens is 1. The van der Waals surface area contributed by atoms with Gasteiger partial charge in [0.05, 0.1) is 30.7 Å². The highest BCUT2D eigenvalue weighted by Crippen LogP contribution is 2.25. The summed E-state index contributed by atoms with van der Waals surface area (Å²) in [5, 5.41) is 12.6. The normalized spacial score (nSPS) is 10.4. The van der Waals surface area contributed by atoms with Gasteiger partial charge in [0.2, 0.25) is 0 Å². The summed E-state index contributed by atoms with van der Waals surface area (Å²) in [6.07, 6.45) is 0.